The summed E-state index contributed by atoms with van der Waals surface area (Å²) in [6, 6.07) is 4.78. The van der Waals surface area contributed by atoms with Gasteiger partial charge in [0, 0.05) is 0 Å². The summed E-state index contributed by atoms with van der Waals surface area (Å²) in [5.41, 5.74) is -0.705. The predicted octanol–water partition coefficient (Wildman–Crippen LogP) is 4.16. The fourth-order valence-electron chi connectivity index (χ4n) is 2.33. The van der Waals surface area contributed by atoms with E-state index >= 15 is 0 Å². The van der Waals surface area contributed by atoms with Gasteiger partial charge < -0.3 is 0 Å². The molecule has 0 unspecified atom stereocenters. The zero-order valence-corrected chi connectivity index (χ0v) is 11.2. The van der Waals surface area contributed by atoms with Crippen LogP contribution in [0.2, 0.25) is 0 Å². The van der Waals surface area contributed by atoms with E-state index in [2.05, 4.69) is 0 Å². The van der Waals surface area contributed by atoms with E-state index in [0.29, 0.717) is 5.30 Å². The van der Waals surface area contributed by atoms with Gasteiger partial charge in [-0.1, -0.05) is 12.2 Å². The number of fused-ring (bicyclic) bond motifs is 2. The molecule has 2 heterocycles. The largest absolute Gasteiger partial charge is 0.416 e. The summed E-state index contributed by atoms with van der Waals surface area (Å²) in [6.45, 7) is 0. The summed E-state index contributed by atoms with van der Waals surface area (Å²) in [7, 11) is -2.72. The summed E-state index contributed by atoms with van der Waals surface area (Å²) in [5.74, 6) is 0. The summed E-state index contributed by atoms with van der Waals surface area (Å²) < 4.78 is 37.8. The number of alkyl halides is 3. The Morgan fingerprint density at radius 2 is 1.35 bits per heavy atom. The van der Waals surface area contributed by atoms with Crippen LogP contribution in [0.3, 0.4) is 0 Å². The fourth-order valence-corrected chi connectivity index (χ4v) is 4.99. The van der Waals surface area contributed by atoms with Gasteiger partial charge in [-0.25, -0.2) is 4.89 Å². The maximum absolute atomic E-state index is 12.6. The average Bonchev–Trinajstić information content (AvgIpc) is 2.58. The van der Waals surface area contributed by atoms with Gasteiger partial charge >= 0.3 is 6.18 Å². The molecule has 1 N–H and O–H groups in total. The van der Waals surface area contributed by atoms with E-state index < -0.39 is 19.2 Å². The quantitative estimate of drug-likeness (QED) is 0.771. The lowest BCUT2D eigenvalue weighted by Gasteiger charge is -2.17. The molecule has 5 heteroatoms. The molecule has 0 aromatic heterocycles. The minimum Gasteiger partial charge on any atom is -0.235 e. The third kappa shape index (κ3) is 1.96. The van der Waals surface area contributed by atoms with Crippen molar-refractivity contribution in [3.05, 3.63) is 76.9 Å². The van der Waals surface area contributed by atoms with E-state index in [0.717, 1.165) is 22.8 Å². The van der Waals surface area contributed by atoms with Gasteiger partial charge in [-0.2, -0.15) is 13.2 Å². The Bertz CT molecular complexity index is 635. The third-order valence-corrected chi connectivity index (χ3v) is 6.52. The van der Waals surface area contributed by atoms with Crippen molar-refractivity contribution in [3.63, 3.8) is 0 Å². The van der Waals surface area contributed by atoms with Gasteiger partial charge in [-0.05, 0) is 48.6 Å². The van der Waals surface area contributed by atoms with Crippen LogP contribution in [0.4, 0.5) is 13.2 Å². The molecule has 2 aliphatic heterocycles. The molecule has 0 fully saturated rings. The molecule has 102 valence electrons. The van der Waals surface area contributed by atoms with Crippen molar-refractivity contribution in [2.45, 2.75) is 6.18 Å². The molecule has 1 aromatic rings. The summed E-state index contributed by atoms with van der Waals surface area (Å²) >= 11 is 0. The Hall–Kier alpha value is -1.64. The molecular weight excluding hydrogens is 284 g/mol. The molecule has 1 nitrogen and oxygen atoms in total. The first-order valence-electron chi connectivity index (χ1n) is 6.00. The van der Waals surface area contributed by atoms with Crippen LogP contribution in [-0.2, 0) is 6.18 Å². The van der Waals surface area contributed by atoms with Crippen molar-refractivity contribution < 1.29 is 18.1 Å². The number of hydrogen-bond acceptors (Lipinski definition) is 1. The second-order valence-electron chi connectivity index (χ2n) is 4.58. The SMILES string of the molecule is O[P+]1(c2ccc(C(F)(F)F)cc2)C2=CC=C1C=CC=C2. The molecule has 0 spiro atoms. The minimum atomic E-state index is -4.36. The number of rotatable bonds is 1. The predicted molar refractivity (Wildman–Crippen MR) is 74.7 cm³/mol. The van der Waals surface area contributed by atoms with Crippen LogP contribution >= 0.6 is 7.49 Å². The Kier molecular flexibility index (Phi) is 2.96. The first-order chi connectivity index (χ1) is 9.42. The molecule has 2 bridgehead atoms. The molecule has 0 amide bonds. The highest BCUT2D eigenvalue weighted by molar-refractivity contribution is 7.86. The van der Waals surface area contributed by atoms with Crippen LogP contribution in [-0.4, -0.2) is 4.89 Å². The Labute approximate surface area is 114 Å². The van der Waals surface area contributed by atoms with Crippen molar-refractivity contribution in [1.29, 1.82) is 0 Å². The van der Waals surface area contributed by atoms with Crippen molar-refractivity contribution in [2.24, 2.45) is 0 Å². The fraction of sp³-hybridized carbons (Fsp3) is 0.0667. The molecule has 3 rings (SSSR count). The molecule has 0 saturated carbocycles. The maximum Gasteiger partial charge on any atom is 0.416 e. The highest BCUT2D eigenvalue weighted by Gasteiger charge is 2.49. The number of benzene rings is 1. The Morgan fingerprint density at radius 1 is 0.850 bits per heavy atom. The molecular formula is C15H11F3OP+. The number of allylic oxidation sites excluding steroid dienone is 8. The lowest BCUT2D eigenvalue weighted by atomic mass is 10.2. The van der Waals surface area contributed by atoms with Crippen LogP contribution in [0.5, 0.6) is 0 Å². The van der Waals surface area contributed by atoms with E-state index in [4.69, 9.17) is 0 Å². The van der Waals surface area contributed by atoms with E-state index in [1.165, 1.54) is 12.1 Å². The standard InChI is InChI=1S/C15H11F3OP/c16-15(17,18)11-5-7-14(8-6-11)20(19)12-3-1-2-4-13(20)10-9-12/h1-10,19H/q+1. The average molecular weight is 295 g/mol. The van der Waals surface area contributed by atoms with Crippen molar-refractivity contribution in [1.82, 2.24) is 0 Å². The summed E-state index contributed by atoms with van der Waals surface area (Å²) in [5, 5.41) is 2.06. The van der Waals surface area contributed by atoms with E-state index in [9.17, 15) is 18.1 Å². The lowest BCUT2D eigenvalue weighted by molar-refractivity contribution is -0.137. The number of hydrogen-bond donors (Lipinski definition) is 1. The first kappa shape index (κ1) is 13.3. The highest BCUT2D eigenvalue weighted by atomic mass is 31.2. The maximum atomic E-state index is 12.6. The Morgan fingerprint density at radius 3 is 1.80 bits per heavy atom. The van der Waals surface area contributed by atoms with Crippen LogP contribution in [0.1, 0.15) is 5.56 Å². The monoisotopic (exact) mass is 295 g/mol. The lowest BCUT2D eigenvalue weighted by Crippen LogP contribution is -2.13. The van der Waals surface area contributed by atoms with Gasteiger partial charge in [0.1, 0.15) is 15.9 Å². The van der Waals surface area contributed by atoms with E-state index in [1.807, 2.05) is 24.3 Å². The van der Waals surface area contributed by atoms with Gasteiger partial charge in [-0.15, -0.1) is 0 Å². The zero-order chi connectivity index (χ0) is 14.4. The smallest absolute Gasteiger partial charge is 0.235 e. The van der Waals surface area contributed by atoms with Gasteiger partial charge in [0.05, 0.1) is 5.56 Å². The van der Waals surface area contributed by atoms with Gasteiger partial charge in [-0.3, -0.25) is 0 Å². The zero-order valence-electron chi connectivity index (χ0n) is 10.3. The van der Waals surface area contributed by atoms with Crippen molar-refractivity contribution in [2.75, 3.05) is 0 Å². The van der Waals surface area contributed by atoms with E-state index in [1.54, 1.807) is 12.2 Å². The molecule has 20 heavy (non-hydrogen) atoms. The topological polar surface area (TPSA) is 20.2 Å². The molecule has 0 saturated heterocycles. The summed E-state index contributed by atoms with van der Waals surface area (Å²) in [6.07, 6.45) is 6.53. The Balaban J connectivity index is 2.05. The minimum absolute atomic E-state index is 0.539. The molecule has 0 radical (unpaired) electrons. The van der Waals surface area contributed by atoms with Crippen LogP contribution < -0.4 is 5.30 Å². The molecule has 0 atom stereocenters. The highest BCUT2D eigenvalue weighted by Crippen LogP contribution is 2.71. The molecule has 1 aromatic carbocycles. The second kappa shape index (κ2) is 4.44. The van der Waals surface area contributed by atoms with Crippen LogP contribution in [0.15, 0.2) is 71.3 Å². The third-order valence-electron chi connectivity index (χ3n) is 3.39. The normalized spacial score (nSPS) is 19.6. The van der Waals surface area contributed by atoms with Gasteiger partial charge in [0.25, 0.3) is 0 Å². The number of halogens is 3. The van der Waals surface area contributed by atoms with Gasteiger partial charge in [0.15, 0.2) is 0 Å². The van der Waals surface area contributed by atoms with Crippen LogP contribution in [0.25, 0.3) is 0 Å². The first-order valence-corrected chi connectivity index (χ1v) is 7.74. The summed E-state index contributed by atoms with van der Waals surface area (Å²) in [4.78, 5) is 11.0. The van der Waals surface area contributed by atoms with E-state index in [-0.39, 0.29) is 0 Å². The van der Waals surface area contributed by atoms with Gasteiger partial charge in [0.2, 0.25) is 7.49 Å². The molecule has 2 aliphatic rings. The second-order valence-corrected chi connectivity index (χ2v) is 7.40. The van der Waals surface area contributed by atoms with Crippen LogP contribution in [0, 0.1) is 0 Å². The molecule has 0 aliphatic carbocycles. The van der Waals surface area contributed by atoms with Crippen molar-refractivity contribution >= 4 is 12.8 Å². The van der Waals surface area contributed by atoms with Crippen molar-refractivity contribution in [3.8, 4) is 0 Å².